The molecular weight excluding hydrogens is 338 g/mol. The highest BCUT2D eigenvalue weighted by atomic mass is 16.5. The maximum atomic E-state index is 12.8. The molecule has 3 rings (SSSR count). The molecule has 1 heterocycles. The molecule has 5 heteroatoms. The zero-order chi connectivity index (χ0) is 19.4. The van der Waals surface area contributed by atoms with Crippen LogP contribution in [0.1, 0.15) is 35.6 Å². The van der Waals surface area contributed by atoms with Crippen LogP contribution in [0.15, 0.2) is 54.6 Å². The number of para-hydroxylation sites is 1. The Bertz CT molecular complexity index is 930. The Morgan fingerprint density at radius 1 is 1.11 bits per heavy atom. The van der Waals surface area contributed by atoms with Crippen molar-refractivity contribution >= 4 is 11.6 Å². The topological polar surface area (TPSA) is 56.2 Å². The minimum absolute atomic E-state index is 0.177. The van der Waals surface area contributed by atoms with Gasteiger partial charge in [-0.05, 0) is 50.1 Å². The van der Waals surface area contributed by atoms with Crippen LogP contribution >= 0.6 is 0 Å². The summed E-state index contributed by atoms with van der Waals surface area (Å²) in [5.74, 6) is 0.949. The van der Waals surface area contributed by atoms with Crippen molar-refractivity contribution in [3.05, 3.63) is 71.5 Å². The second-order valence-corrected chi connectivity index (χ2v) is 6.98. The Morgan fingerprint density at radius 3 is 2.56 bits per heavy atom. The minimum Gasteiger partial charge on any atom is -0.493 e. The Balaban J connectivity index is 1.81. The molecule has 1 N–H and O–H groups in total. The molecule has 0 saturated heterocycles. The summed E-state index contributed by atoms with van der Waals surface area (Å²) in [7, 11) is 0. The molecule has 140 valence electrons. The summed E-state index contributed by atoms with van der Waals surface area (Å²) in [4.78, 5) is 12.8. The standard InChI is InChI=1S/C22H25N3O2/c1-15(2)14-27-20-12-8-9-18(13-20)22(26)23-21-16(3)24-25(17(21)4)19-10-6-5-7-11-19/h5-13,15H,14H2,1-4H3,(H,23,26). The first-order chi connectivity index (χ1) is 13.0. The van der Waals surface area contributed by atoms with Gasteiger partial charge in [0.25, 0.3) is 5.91 Å². The van der Waals surface area contributed by atoms with Crippen molar-refractivity contribution in [3.8, 4) is 11.4 Å². The Labute approximate surface area is 160 Å². The van der Waals surface area contributed by atoms with Crippen LogP contribution in [-0.4, -0.2) is 22.3 Å². The molecule has 1 amide bonds. The SMILES string of the molecule is Cc1nn(-c2ccccc2)c(C)c1NC(=O)c1cccc(OCC(C)C)c1. The van der Waals surface area contributed by atoms with E-state index in [1.807, 2.05) is 61.0 Å². The first-order valence-electron chi connectivity index (χ1n) is 9.11. The van der Waals surface area contributed by atoms with Crippen molar-refractivity contribution in [3.63, 3.8) is 0 Å². The predicted octanol–water partition coefficient (Wildman–Crippen LogP) is 4.78. The van der Waals surface area contributed by atoms with Gasteiger partial charge in [-0.3, -0.25) is 4.79 Å². The van der Waals surface area contributed by atoms with E-state index in [-0.39, 0.29) is 5.91 Å². The molecule has 0 aliphatic rings. The van der Waals surface area contributed by atoms with Crippen molar-refractivity contribution in [1.82, 2.24) is 9.78 Å². The third-order valence-electron chi connectivity index (χ3n) is 4.21. The van der Waals surface area contributed by atoms with Crippen molar-refractivity contribution < 1.29 is 9.53 Å². The fourth-order valence-corrected chi connectivity index (χ4v) is 2.82. The lowest BCUT2D eigenvalue weighted by atomic mass is 10.2. The van der Waals surface area contributed by atoms with E-state index < -0.39 is 0 Å². The first-order valence-corrected chi connectivity index (χ1v) is 9.11. The van der Waals surface area contributed by atoms with Gasteiger partial charge in [0, 0.05) is 5.56 Å². The highest BCUT2D eigenvalue weighted by Crippen LogP contribution is 2.24. The number of aryl methyl sites for hydroxylation is 1. The molecule has 0 bridgehead atoms. The number of carbonyl (C=O) groups excluding carboxylic acids is 1. The summed E-state index contributed by atoms with van der Waals surface area (Å²) in [6, 6.07) is 17.1. The number of amides is 1. The molecule has 0 saturated carbocycles. The maximum absolute atomic E-state index is 12.8. The maximum Gasteiger partial charge on any atom is 0.255 e. The van der Waals surface area contributed by atoms with Gasteiger partial charge in [-0.15, -0.1) is 0 Å². The summed E-state index contributed by atoms with van der Waals surface area (Å²) in [5.41, 5.74) is 3.92. The van der Waals surface area contributed by atoms with E-state index >= 15 is 0 Å². The molecule has 2 aromatic carbocycles. The Kier molecular flexibility index (Phi) is 5.60. The van der Waals surface area contributed by atoms with Gasteiger partial charge in [-0.2, -0.15) is 5.10 Å². The van der Waals surface area contributed by atoms with Gasteiger partial charge in [-0.1, -0.05) is 38.1 Å². The zero-order valence-corrected chi connectivity index (χ0v) is 16.2. The second kappa shape index (κ2) is 8.08. The molecule has 0 spiro atoms. The molecule has 0 fully saturated rings. The highest BCUT2D eigenvalue weighted by molar-refractivity contribution is 6.05. The van der Waals surface area contributed by atoms with Crippen LogP contribution in [0.3, 0.4) is 0 Å². The minimum atomic E-state index is -0.177. The molecule has 0 aliphatic heterocycles. The summed E-state index contributed by atoms with van der Waals surface area (Å²) in [6.45, 7) is 8.64. The second-order valence-electron chi connectivity index (χ2n) is 6.98. The van der Waals surface area contributed by atoms with Gasteiger partial charge in [-0.25, -0.2) is 4.68 Å². The van der Waals surface area contributed by atoms with Crippen LogP contribution < -0.4 is 10.1 Å². The van der Waals surface area contributed by atoms with Crippen LogP contribution in [0.5, 0.6) is 5.75 Å². The molecular formula is C22H25N3O2. The fraction of sp³-hybridized carbons (Fsp3) is 0.273. The molecule has 3 aromatic rings. The van der Waals surface area contributed by atoms with Gasteiger partial charge in [0.05, 0.1) is 29.4 Å². The number of hydrogen-bond donors (Lipinski definition) is 1. The van der Waals surface area contributed by atoms with Crippen LogP contribution in [-0.2, 0) is 0 Å². The molecule has 1 aromatic heterocycles. The average Bonchev–Trinajstić information content (AvgIpc) is 2.95. The summed E-state index contributed by atoms with van der Waals surface area (Å²) in [5, 5.41) is 7.57. The van der Waals surface area contributed by atoms with Gasteiger partial charge >= 0.3 is 0 Å². The Morgan fingerprint density at radius 2 is 1.85 bits per heavy atom. The number of benzene rings is 2. The van der Waals surface area contributed by atoms with E-state index in [9.17, 15) is 4.79 Å². The van der Waals surface area contributed by atoms with Crippen LogP contribution in [0, 0.1) is 19.8 Å². The summed E-state index contributed by atoms with van der Waals surface area (Å²) in [6.07, 6.45) is 0. The molecule has 0 unspecified atom stereocenters. The number of nitrogens with zero attached hydrogens (tertiary/aromatic N) is 2. The first kappa shape index (κ1) is 18.7. The number of anilines is 1. The largest absolute Gasteiger partial charge is 0.493 e. The molecule has 0 radical (unpaired) electrons. The van der Waals surface area contributed by atoms with E-state index in [4.69, 9.17) is 4.74 Å². The lowest BCUT2D eigenvalue weighted by Gasteiger charge is -2.10. The van der Waals surface area contributed by atoms with Gasteiger partial charge in [0.15, 0.2) is 0 Å². The van der Waals surface area contributed by atoms with Crippen molar-refractivity contribution in [2.75, 3.05) is 11.9 Å². The number of hydrogen-bond acceptors (Lipinski definition) is 3. The van der Waals surface area contributed by atoms with Crippen LogP contribution in [0.4, 0.5) is 5.69 Å². The lowest BCUT2D eigenvalue weighted by Crippen LogP contribution is -2.13. The third kappa shape index (κ3) is 4.37. The lowest BCUT2D eigenvalue weighted by molar-refractivity contribution is 0.102. The van der Waals surface area contributed by atoms with Crippen molar-refractivity contribution in [2.24, 2.45) is 5.92 Å². The number of carbonyl (C=O) groups is 1. The quantitative estimate of drug-likeness (QED) is 0.686. The number of ether oxygens (including phenoxy) is 1. The Hall–Kier alpha value is -3.08. The summed E-state index contributed by atoms with van der Waals surface area (Å²) >= 11 is 0. The molecule has 0 atom stereocenters. The van der Waals surface area contributed by atoms with Crippen molar-refractivity contribution in [2.45, 2.75) is 27.7 Å². The predicted molar refractivity (Wildman–Crippen MR) is 108 cm³/mol. The monoisotopic (exact) mass is 363 g/mol. The van der Waals surface area contributed by atoms with E-state index in [1.54, 1.807) is 12.1 Å². The molecule has 5 nitrogen and oxygen atoms in total. The number of rotatable bonds is 6. The number of aromatic nitrogens is 2. The van der Waals surface area contributed by atoms with E-state index in [0.29, 0.717) is 23.8 Å². The number of nitrogens with one attached hydrogen (secondary N) is 1. The van der Waals surface area contributed by atoms with E-state index in [1.165, 1.54) is 0 Å². The smallest absolute Gasteiger partial charge is 0.255 e. The van der Waals surface area contributed by atoms with E-state index in [2.05, 4.69) is 24.3 Å². The average molecular weight is 363 g/mol. The van der Waals surface area contributed by atoms with Crippen LogP contribution in [0.25, 0.3) is 5.69 Å². The highest BCUT2D eigenvalue weighted by Gasteiger charge is 2.16. The van der Waals surface area contributed by atoms with Crippen LogP contribution in [0.2, 0.25) is 0 Å². The van der Waals surface area contributed by atoms with Gasteiger partial charge in [0.2, 0.25) is 0 Å². The normalized spacial score (nSPS) is 10.9. The fourth-order valence-electron chi connectivity index (χ4n) is 2.82. The van der Waals surface area contributed by atoms with E-state index in [0.717, 1.165) is 22.8 Å². The summed E-state index contributed by atoms with van der Waals surface area (Å²) < 4.78 is 7.56. The third-order valence-corrected chi connectivity index (χ3v) is 4.21. The molecule has 27 heavy (non-hydrogen) atoms. The van der Waals surface area contributed by atoms with Gasteiger partial charge < -0.3 is 10.1 Å². The van der Waals surface area contributed by atoms with Crippen molar-refractivity contribution in [1.29, 1.82) is 0 Å². The molecule has 0 aliphatic carbocycles. The van der Waals surface area contributed by atoms with Gasteiger partial charge in [0.1, 0.15) is 5.75 Å². The zero-order valence-electron chi connectivity index (χ0n) is 16.2.